The summed E-state index contributed by atoms with van der Waals surface area (Å²) in [6.07, 6.45) is -5.36. The molecular weight excluding hydrogens is 584 g/mol. The van der Waals surface area contributed by atoms with E-state index in [1.54, 1.807) is 13.1 Å². The van der Waals surface area contributed by atoms with Crippen LogP contribution in [0.1, 0.15) is 26.2 Å². The number of likely N-dealkylation sites (N-methyl/N-ethyl adjacent to an activating group) is 1. The molecule has 2 aliphatic carbocycles. The second-order valence-corrected chi connectivity index (χ2v) is 12.2. The first-order valence-corrected chi connectivity index (χ1v) is 14.7. The van der Waals surface area contributed by atoms with E-state index in [4.69, 9.17) is 46.7 Å². The molecule has 0 spiro atoms. The first-order valence-electron chi connectivity index (χ1n) is 14.7. The Morgan fingerprint density at radius 3 is 2.50 bits per heavy atom. The molecule has 2 heterocycles. The fraction of sp³-hybridized carbons (Fsp3) is 0.846. The van der Waals surface area contributed by atoms with Gasteiger partial charge in [0, 0.05) is 19.0 Å². The Balaban J connectivity index is 1.52. The van der Waals surface area contributed by atoms with Crippen molar-refractivity contribution in [1.82, 2.24) is 21.3 Å². The molecule has 44 heavy (non-hydrogen) atoms. The number of ether oxygens (including phenoxy) is 4. The largest absolute Gasteiger partial charge is 0.467 e. The van der Waals surface area contributed by atoms with E-state index >= 15 is 0 Å². The van der Waals surface area contributed by atoms with Crippen LogP contribution in [0.4, 0.5) is 0 Å². The Morgan fingerprint density at radius 1 is 1.14 bits per heavy atom. The molecule has 0 radical (unpaired) electrons. The number of guanidine groups is 1. The van der Waals surface area contributed by atoms with Gasteiger partial charge in [0.1, 0.15) is 35.8 Å². The minimum atomic E-state index is -1.86. The van der Waals surface area contributed by atoms with Crippen LogP contribution in [0.5, 0.6) is 0 Å². The van der Waals surface area contributed by atoms with E-state index in [0.717, 1.165) is 0 Å². The molecule has 2 saturated carbocycles. The molecule has 1 amide bonds. The van der Waals surface area contributed by atoms with Crippen LogP contribution in [0.2, 0.25) is 0 Å². The Kier molecular flexibility index (Phi) is 11.1. The van der Waals surface area contributed by atoms with Gasteiger partial charge in [-0.05, 0) is 32.9 Å². The summed E-state index contributed by atoms with van der Waals surface area (Å²) in [5.41, 5.74) is 14.8. The minimum Gasteiger partial charge on any atom is -0.467 e. The number of nitrogens with one attached hydrogen (secondary N) is 5. The van der Waals surface area contributed by atoms with Crippen LogP contribution in [-0.2, 0) is 23.7 Å². The van der Waals surface area contributed by atoms with E-state index in [2.05, 4.69) is 21.3 Å². The highest BCUT2D eigenvalue weighted by molar-refractivity contribution is 5.91. The second kappa shape index (κ2) is 14.1. The quantitative estimate of drug-likeness (QED) is 0.0541. The zero-order valence-electron chi connectivity index (χ0n) is 24.9. The summed E-state index contributed by atoms with van der Waals surface area (Å²) < 4.78 is 23.8. The molecule has 3 unspecified atom stereocenters. The second-order valence-electron chi connectivity index (χ2n) is 12.2. The number of hydrogen-bond acceptors (Lipinski definition) is 15. The maximum Gasteiger partial charge on any atom is 0.254 e. The molecule has 18 nitrogen and oxygen atoms in total. The van der Waals surface area contributed by atoms with Crippen LogP contribution < -0.4 is 38.5 Å². The average Bonchev–Trinajstić information content (AvgIpc) is 3.60. The van der Waals surface area contributed by atoms with Crippen LogP contribution in [0.25, 0.3) is 0 Å². The minimum absolute atomic E-state index is 0.000300. The summed E-state index contributed by atoms with van der Waals surface area (Å²) in [6, 6.07) is -4.08. The van der Waals surface area contributed by atoms with Crippen LogP contribution in [0, 0.1) is 5.41 Å². The SMILES string of the molecule is CN[C@@H]1[C@@H](O)[C@@H](O[C@H]2[C@H](NC(=O)C3(O)CC3NC(=N)N)C[C@H](N)C(O[C@H]3OC(CNCCO)=CC[C@H]3N)[C@@H]2O)OC[C@]1(C)O. The summed E-state index contributed by atoms with van der Waals surface area (Å²) >= 11 is 0. The maximum atomic E-state index is 13.2. The van der Waals surface area contributed by atoms with Gasteiger partial charge in [-0.2, -0.15) is 0 Å². The predicted octanol–water partition coefficient (Wildman–Crippen LogP) is -6.08. The smallest absolute Gasteiger partial charge is 0.254 e. The highest BCUT2D eigenvalue weighted by Gasteiger charge is 2.61. The van der Waals surface area contributed by atoms with Crippen molar-refractivity contribution >= 4 is 11.9 Å². The van der Waals surface area contributed by atoms with Crippen molar-refractivity contribution in [3.63, 3.8) is 0 Å². The summed E-state index contributed by atoms with van der Waals surface area (Å²) in [5.74, 6) is -0.659. The van der Waals surface area contributed by atoms with Gasteiger partial charge in [-0.3, -0.25) is 10.2 Å². The zero-order valence-corrected chi connectivity index (χ0v) is 24.9. The molecule has 3 fully saturated rings. The number of nitrogens with two attached hydrogens (primary N) is 3. The summed E-state index contributed by atoms with van der Waals surface area (Å²) in [4.78, 5) is 13.2. The molecule has 18 heteroatoms. The number of carbonyl (C=O) groups excluding carboxylic acids is 1. The molecule has 0 aromatic rings. The lowest BCUT2D eigenvalue weighted by molar-refractivity contribution is -0.304. The number of aliphatic hydroxyl groups excluding tert-OH is 3. The monoisotopic (exact) mass is 632 g/mol. The Hall–Kier alpha value is -2.20. The first kappa shape index (κ1) is 34.7. The molecule has 252 valence electrons. The standard InChI is InChI=1S/C26H48N8O10/c1-25(39)10-41-22(17(37)20(25)31-2)44-19-14(33-23(38)26(40)8-15(26)34-24(29)30)7-13(28)18(16(19)36)43-21-12(27)4-3-11(42-21)9-32-5-6-35/h3,12-22,31-32,35-37,39-40H,4-10,27-28H2,1-2H3,(H,33,38)(H4,29,30,34)/t12-,13+,14-,15?,16+,17-,18?,19+,20-,21-,22-,25+,26?/m1/s1. The van der Waals surface area contributed by atoms with E-state index in [9.17, 15) is 25.2 Å². The lowest BCUT2D eigenvalue weighted by Crippen LogP contribution is -2.69. The molecular formula is C26H48N8O10. The molecule has 0 aromatic carbocycles. The number of carbonyl (C=O) groups is 1. The zero-order chi connectivity index (χ0) is 32.4. The highest BCUT2D eigenvalue weighted by Crippen LogP contribution is 2.37. The topological polar surface area (TPSA) is 305 Å². The van der Waals surface area contributed by atoms with Gasteiger partial charge in [0.2, 0.25) is 6.29 Å². The van der Waals surface area contributed by atoms with Crippen molar-refractivity contribution in [2.24, 2.45) is 17.2 Å². The fourth-order valence-corrected chi connectivity index (χ4v) is 5.96. The van der Waals surface area contributed by atoms with Crippen LogP contribution >= 0.6 is 0 Å². The molecule has 4 rings (SSSR count). The predicted molar refractivity (Wildman–Crippen MR) is 153 cm³/mol. The van der Waals surface area contributed by atoms with Crippen molar-refractivity contribution in [3.8, 4) is 0 Å². The average molecular weight is 633 g/mol. The molecule has 16 N–H and O–H groups in total. The third kappa shape index (κ3) is 7.60. The Bertz CT molecular complexity index is 1050. The van der Waals surface area contributed by atoms with Gasteiger partial charge in [0.05, 0.1) is 43.9 Å². The van der Waals surface area contributed by atoms with Gasteiger partial charge in [-0.1, -0.05) is 0 Å². The van der Waals surface area contributed by atoms with Gasteiger partial charge < -0.3 is 82.9 Å². The third-order valence-electron chi connectivity index (χ3n) is 8.54. The number of aliphatic hydroxyl groups is 5. The van der Waals surface area contributed by atoms with Crippen molar-refractivity contribution in [1.29, 1.82) is 5.41 Å². The van der Waals surface area contributed by atoms with Gasteiger partial charge >= 0.3 is 0 Å². The van der Waals surface area contributed by atoms with Crippen LogP contribution in [-0.4, -0.2) is 149 Å². The Labute approximate surface area is 255 Å². The van der Waals surface area contributed by atoms with E-state index in [1.807, 2.05) is 0 Å². The fourth-order valence-electron chi connectivity index (χ4n) is 5.96. The lowest BCUT2D eigenvalue weighted by atomic mass is 9.83. The summed E-state index contributed by atoms with van der Waals surface area (Å²) in [5, 5.41) is 71.6. The number of rotatable bonds is 12. The molecule has 2 aliphatic heterocycles. The molecule has 0 aromatic heterocycles. The number of amides is 1. The van der Waals surface area contributed by atoms with E-state index in [-0.39, 0.29) is 26.1 Å². The van der Waals surface area contributed by atoms with E-state index < -0.39 is 90.3 Å². The van der Waals surface area contributed by atoms with Crippen molar-refractivity contribution in [2.45, 2.75) is 105 Å². The van der Waals surface area contributed by atoms with Crippen LogP contribution in [0.15, 0.2) is 11.8 Å². The van der Waals surface area contributed by atoms with Crippen molar-refractivity contribution in [2.75, 3.05) is 33.4 Å². The van der Waals surface area contributed by atoms with E-state index in [0.29, 0.717) is 25.3 Å². The third-order valence-corrected chi connectivity index (χ3v) is 8.54. The molecule has 0 bridgehead atoms. The lowest BCUT2D eigenvalue weighted by Gasteiger charge is -2.49. The summed E-state index contributed by atoms with van der Waals surface area (Å²) in [6.45, 7) is 1.92. The molecule has 4 aliphatic rings. The van der Waals surface area contributed by atoms with E-state index in [1.165, 1.54) is 6.92 Å². The van der Waals surface area contributed by atoms with Gasteiger partial charge in [-0.15, -0.1) is 0 Å². The maximum absolute atomic E-state index is 13.2. The van der Waals surface area contributed by atoms with Gasteiger partial charge in [0.25, 0.3) is 5.91 Å². The first-order chi connectivity index (χ1) is 20.7. The molecule has 13 atom stereocenters. The Morgan fingerprint density at radius 2 is 1.84 bits per heavy atom. The van der Waals surface area contributed by atoms with Crippen molar-refractivity contribution < 1.29 is 49.3 Å². The van der Waals surface area contributed by atoms with Crippen LogP contribution in [0.3, 0.4) is 0 Å². The number of hydrogen-bond donors (Lipinski definition) is 13. The molecule has 1 saturated heterocycles. The summed E-state index contributed by atoms with van der Waals surface area (Å²) in [7, 11) is 1.56. The van der Waals surface area contributed by atoms with Crippen molar-refractivity contribution in [3.05, 3.63) is 11.8 Å². The highest BCUT2D eigenvalue weighted by atomic mass is 16.7. The van der Waals surface area contributed by atoms with Gasteiger partial charge in [0.15, 0.2) is 17.9 Å². The van der Waals surface area contributed by atoms with Gasteiger partial charge in [-0.25, -0.2) is 0 Å². The normalized spacial score (nSPS) is 43.8.